The Morgan fingerprint density at radius 2 is 1.93 bits per heavy atom. The van der Waals surface area contributed by atoms with Gasteiger partial charge in [-0.3, -0.25) is 9.59 Å². The molecule has 2 aromatic heterocycles. The second-order valence-electron chi connectivity index (χ2n) is 5.59. The fourth-order valence-corrected chi connectivity index (χ4v) is 2.87. The van der Waals surface area contributed by atoms with E-state index >= 15 is 0 Å². The van der Waals surface area contributed by atoms with E-state index in [4.69, 9.17) is 44.0 Å². The van der Waals surface area contributed by atoms with Crippen molar-refractivity contribution in [1.82, 2.24) is 15.1 Å². The van der Waals surface area contributed by atoms with Gasteiger partial charge < -0.3 is 14.5 Å². The second kappa shape index (κ2) is 9.14. The molecular formula is C18H14Cl3N3O4. The molecule has 3 aromatic rings. The summed E-state index contributed by atoms with van der Waals surface area (Å²) in [6, 6.07) is 9.30. The number of benzene rings is 1. The molecule has 0 unspecified atom stereocenters. The van der Waals surface area contributed by atoms with Crippen molar-refractivity contribution in [2.24, 2.45) is 0 Å². The Morgan fingerprint density at radius 3 is 2.68 bits per heavy atom. The number of halogens is 3. The molecule has 0 atom stereocenters. The first kappa shape index (κ1) is 20.3. The van der Waals surface area contributed by atoms with Crippen molar-refractivity contribution in [1.29, 1.82) is 0 Å². The Bertz CT molecular complexity index is 1040. The minimum atomic E-state index is -0.391. The van der Waals surface area contributed by atoms with Gasteiger partial charge in [0.2, 0.25) is 0 Å². The van der Waals surface area contributed by atoms with Crippen molar-refractivity contribution in [2.75, 3.05) is 13.2 Å². The Kier molecular flexibility index (Phi) is 6.61. The summed E-state index contributed by atoms with van der Waals surface area (Å²) in [5, 5.41) is 7.66. The highest BCUT2D eigenvalue weighted by molar-refractivity contribution is 6.43. The number of amides is 1. The number of rotatable bonds is 7. The van der Waals surface area contributed by atoms with Crippen LogP contribution in [0.5, 0.6) is 5.75 Å². The molecule has 0 bridgehead atoms. The van der Waals surface area contributed by atoms with Gasteiger partial charge in [-0.05, 0) is 24.3 Å². The number of ether oxygens (including phenoxy) is 1. The van der Waals surface area contributed by atoms with Crippen LogP contribution < -0.4 is 15.6 Å². The molecule has 1 N–H and O–H groups in total. The normalized spacial score (nSPS) is 10.7. The van der Waals surface area contributed by atoms with Crippen LogP contribution in [0.2, 0.25) is 15.1 Å². The summed E-state index contributed by atoms with van der Waals surface area (Å²) < 4.78 is 11.9. The van der Waals surface area contributed by atoms with Crippen LogP contribution in [0.3, 0.4) is 0 Å². The van der Waals surface area contributed by atoms with E-state index in [0.717, 1.165) is 0 Å². The zero-order valence-electron chi connectivity index (χ0n) is 14.3. The molecule has 0 aliphatic carbocycles. The highest BCUT2D eigenvalue weighted by Crippen LogP contribution is 2.33. The molecule has 3 rings (SSSR count). The lowest BCUT2D eigenvalue weighted by atomic mass is 10.3. The lowest BCUT2D eigenvalue weighted by Crippen LogP contribution is -2.34. The summed E-state index contributed by atoms with van der Waals surface area (Å²) in [6.45, 7) is 0.102. The standard InChI is InChI=1S/C18H14Cl3N3O4/c19-11-8-13(21)16(9-12(11)20)28-10-17(25)22-5-6-24-18(26)4-3-14(23-24)15-2-1-7-27-15/h1-4,7-9H,5-6,10H2,(H,22,25). The zero-order chi connectivity index (χ0) is 20.1. The third-order valence-electron chi connectivity index (χ3n) is 3.62. The number of hydrogen-bond donors (Lipinski definition) is 1. The van der Waals surface area contributed by atoms with Crippen molar-refractivity contribution in [3.63, 3.8) is 0 Å². The summed E-state index contributed by atoms with van der Waals surface area (Å²) in [4.78, 5) is 23.9. The monoisotopic (exact) mass is 441 g/mol. The third kappa shape index (κ3) is 5.07. The zero-order valence-corrected chi connectivity index (χ0v) is 16.6. The molecule has 28 heavy (non-hydrogen) atoms. The summed E-state index contributed by atoms with van der Waals surface area (Å²) in [7, 11) is 0. The molecular weight excluding hydrogens is 429 g/mol. The molecule has 10 heteroatoms. The lowest BCUT2D eigenvalue weighted by Gasteiger charge is -2.10. The highest BCUT2D eigenvalue weighted by atomic mass is 35.5. The van der Waals surface area contributed by atoms with E-state index in [0.29, 0.717) is 11.5 Å². The number of hydrogen-bond acceptors (Lipinski definition) is 5. The van der Waals surface area contributed by atoms with Gasteiger partial charge in [0, 0.05) is 18.7 Å². The molecule has 2 heterocycles. The smallest absolute Gasteiger partial charge is 0.266 e. The average Bonchev–Trinajstić information content (AvgIpc) is 3.20. The van der Waals surface area contributed by atoms with Crippen molar-refractivity contribution in [3.8, 4) is 17.2 Å². The SMILES string of the molecule is O=C(COc1cc(Cl)c(Cl)cc1Cl)NCCn1nc(-c2ccco2)ccc1=O. The molecule has 0 fully saturated rings. The van der Waals surface area contributed by atoms with E-state index in [-0.39, 0.29) is 46.1 Å². The Labute approximate surface area is 174 Å². The number of furan rings is 1. The molecule has 0 saturated carbocycles. The number of nitrogens with one attached hydrogen (secondary N) is 1. The van der Waals surface area contributed by atoms with Crippen LogP contribution in [0.25, 0.3) is 11.5 Å². The number of carbonyl (C=O) groups excluding carboxylic acids is 1. The van der Waals surface area contributed by atoms with E-state index in [1.807, 2.05) is 0 Å². The fraction of sp³-hybridized carbons (Fsp3) is 0.167. The van der Waals surface area contributed by atoms with Gasteiger partial charge in [-0.2, -0.15) is 5.10 Å². The van der Waals surface area contributed by atoms with Gasteiger partial charge in [-0.25, -0.2) is 4.68 Å². The number of carbonyl (C=O) groups is 1. The maximum atomic E-state index is 11.9. The second-order valence-corrected chi connectivity index (χ2v) is 6.81. The maximum absolute atomic E-state index is 11.9. The van der Waals surface area contributed by atoms with Crippen LogP contribution in [-0.4, -0.2) is 28.8 Å². The van der Waals surface area contributed by atoms with Crippen LogP contribution in [-0.2, 0) is 11.3 Å². The number of aromatic nitrogens is 2. The molecule has 0 spiro atoms. The van der Waals surface area contributed by atoms with Gasteiger partial charge >= 0.3 is 0 Å². The maximum Gasteiger partial charge on any atom is 0.266 e. The van der Waals surface area contributed by atoms with Crippen molar-refractivity contribution < 1.29 is 13.9 Å². The van der Waals surface area contributed by atoms with Gasteiger partial charge in [0.15, 0.2) is 12.4 Å². The Morgan fingerprint density at radius 1 is 1.14 bits per heavy atom. The molecule has 0 aliphatic heterocycles. The average molecular weight is 443 g/mol. The van der Waals surface area contributed by atoms with Crippen molar-refractivity contribution in [3.05, 3.63) is 68.1 Å². The van der Waals surface area contributed by atoms with Crippen LogP contribution in [0.15, 0.2) is 51.9 Å². The van der Waals surface area contributed by atoms with Crippen molar-refractivity contribution >= 4 is 40.7 Å². The molecule has 0 aliphatic rings. The predicted octanol–water partition coefficient (Wildman–Crippen LogP) is 3.66. The fourth-order valence-electron chi connectivity index (χ4n) is 2.28. The molecule has 0 saturated heterocycles. The molecule has 1 aromatic carbocycles. The predicted molar refractivity (Wildman–Crippen MR) is 106 cm³/mol. The Balaban J connectivity index is 1.53. The first-order chi connectivity index (χ1) is 13.4. The topological polar surface area (TPSA) is 86.4 Å². The van der Waals surface area contributed by atoms with Gasteiger partial charge in [0.25, 0.3) is 11.5 Å². The first-order valence-electron chi connectivity index (χ1n) is 8.10. The summed E-state index contributed by atoms with van der Waals surface area (Å²) in [6.07, 6.45) is 1.52. The van der Waals surface area contributed by atoms with Crippen molar-refractivity contribution in [2.45, 2.75) is 6.54 Å². The largest absolute Gasteiger partial charge is 0.482 e. The van der Waals surface area contributed by atoms with E-state index < -0.39 is 5.91 Å². The molecule has 0 radical (unpaired) electrons. The van der Waals surface area contributed by atoms with Gasteiger partial charge in [-0.15, -0.1) is 0 Å². The summed E-state index contributed by atoms with van der Waals surface area (Å²) in [5.74, 6) is 0.400. The summed E-state index contributed by atoms with van der Waals surface area (Å²) >= 11 is 17.7. The molecule has 146 valence electrons. The lowest BCUT2D eigenvalue weighted by molar-refractivity contribution is -0.123. The van der Waals surface area contributed by atoms with E-state index in [1.54, 1.807) is 18.2 Å². The molecule has 7 nitrogen and oxygen atoms in total. The van der Waals surface area contributed by atoms with E-state index in [1.165, 1.54) is 29.1 Å². The van der Waals surface area contributed by atoms with Gasteiger partial charge in [-0.1, -0.05) is 34.8 Å². The van der Waals surface area contributed by atoms with Gasteiger partial charge in [0.1, 0.15) is 11.4 Å². The van der Waals surface area contributed by atoms with E-state index in [2.05, 4.69) is 10.4 Å². The number of nitrogens with zero attached hydrogens (tertiary/aromatic N) is 2. The van der Waals surface area contributed by atoms with Crippen LogP contribution in [0.1, 0.15) is 0 Å². The van der Waals surface area contributed by atoms with Crippen LogP contribution in [0.4, 0.5) is 0 Å². The van der Waals surface area contributed by atoms with E-state index in [9.17, 15) is 9.59 Å². The quantitative estimate of drug-likeness (QED) is 0.564. The van der Waals surface area contributed by atoms with Crippen LogP contribution >= 0.6 is 34.8 Å². The minimum absolute atomic E-state index is 0.186. The Hall–Kier alpha value is -2.48. The minimum Gasteiger partial charge on any atom is -0.482 e. The summed E-state index contributed by atoms with van der Waals surface area (Å²) in [5.41, 5.74) is 0.233. The third-order valence-corrected chi connectivity index (χ3v) is 4.64. The van der Waals surface area contributed by atoms with Gasteiger partial charge in [0.05, 0.1) is 27.9 Å². The first-order valence-corrected chi connectivity index (χ1v) is 9.23. The molecule has 1 amide bonds. The van der Waals surface area contributed by atoms with Crippen LogP contribution in [0, 0.1) is 0 Å². The highest BCUT2D eigenvalue weighted by Gasteiger charge is 2.10.